The molecule has 0 N–H and O–H groups in total. The molecule has 0 saturated carbocycles. The van der Waals surface area contributed by atoms with Crippen molar-refractivity contribution in [3.63, 3.8) is 0 Å². The second kappa shape index (κ2) is 5.87. The van der Waals surface area contributed by atoms with Crippen molar-refractivity contribution in [3.8, 4) is 0 Å². The number of carbonyl (C=O) groups excluding carboxylic acids is 1. The highest BCUT2D eigenvalue weighted by molar-refractivity contribution is 9.09. The van der Waals surface area contributed by atoms with E-state index in [1.807, 2.05) is 4.90 Å². The molecule has 1 aromatic carbocycles. The Balaban J connectivity index is 2.10. The van der Waals surface area contributed by atoms with Crippen LogP contribution in [0.4, 0.5) is 0 Å². The molecular weight excluding hydrogens is 290 g/mol. The van der Waals surface area contributed by atoms with Gasteiger partial charge in [0.15, 0.2) is 0 Å². The average Bonchev–Trinajstić information content (AvgIpc) is 2.79. The summed E-state index contributed by atoms with van der Waals surface area (Å²) in [6.07, 6.45) is 1.74. The quantitative estimate of drug-likeness (QED) is 0.779. The van der Waals surface area contributed by atoms with Crippen LogP contribution >= 0.6 is 15.9 Å². The molecule has 18 heavy (non-hydrogen) atoms. The van der Waals surface area contributed by atoms with Crippen LogP contribution in [0.15, 0.2) is 24.3 Å². The molecule has 1 saturated heterocycles. The van der Waals surface area contributed by atoms with Gasteiger partial charge in [-0.25, -0.2) is 0 Å². The van der Waals surface area contributed by atoms with Crippen molar-refractivity contribution in [2.24, 2.45) is 5.92 Å². The molecule has 98 valence electrons. The number of benzene rings is 1. The molecule has 2 atom stereocenters. The lowest BCUT2D eigenvalue weighted by Crippen LogP contribution is -2.28. The Kier molecular flexibility index (Phi) is 4.44. The lowest BCUT2D eigenvalue weighted by Gasteiger charge is -2.25. The van der Waals surface area contributed by atoms with Crippen LogP contribution in [0.5, 0.6) is 0 Å². The number of hydrogen-bond acceptors (Lipinski definition) is 1. The topological polar surface area (TPSA) is 20.3 Å². The van der Waals surface area contributed by atoms with Gasteiger partial charge < -0.3 is 4.90 Å². The molecule has 0 bridgehead atoms. The van der Waals surface area contributed by atoms with Gasteiger partial charge in [0.25, 0.3) is 0 Å². The van der Waals surface area contributed by atoms with Crippen LogP contribution in [0.2, 0.25) is 0 Å². The number of amides is 1. The summed E-state index contributed by atoms with van der Waals surface area (Å²) in [6, 6.07) is 8.81. The van der Waals surface area contributed by atoms with Crippen molar-refractivity contribution in [3.05, 3.63) is 35.4 Å². The molecule has 0 aromatic heterocycles. The van der Waals surface area contributed by atoms with E-state index in [9.17, 15) is 4.79 Å². The van der Waals surface area contributed by atoms with Crippen molar-refractivity contribution in [1.29, 1.82) is 0 Å². The van der Waals surface area contributed by atoms with Crippen LogP contribution in [0.25, 0.3) is 0 Å². The number of aryl methyl sites for hydroxylation is 1. The lowest BCUT2D eigenvalue weighted by atomic mass is 10.0. The lowest BCUT2D eigenvalue weighted by molar-refractivity contribution is -0.129. The highest BCUT2D eigenvalue weighted by Gasteiger charge is 2.32. The van der Waals surface area contributed by atoms with Gasteiger partial charge in [-0.2, -0.15) is 0 Å². The molecule has 1 aromatic rings. The first-order chi connectivity index (χ1) is 8.65. The number of alkyl halides is 1. The fourth-order valence-corrected chi connectivity index (χ4v) is 2.93. The Morgan fingerprint density at radius 3 is 2.56 bits per heavy atom. The van der Waals surface area contributed by atoms with Gasteiger partial charge in [0.2, 0.25) is 5.91 Å². The molecule has 1 amide bonds. The monoisotopic (exact) mass is 309 g/mol. The minimum atomic E-state index is 0.187. The molecule has 1 aliphatic rings. The predicted octanol–water partition coefficient (Wildman–Crippen LogP) is 3.55. The molecule has 0 radical (unpaired) electrons. The Morgan fingerprint density at radius 1 is 1.39 bits per heavy atom. The van der Waals surface area contributed by atoms with E-state index in [1.54, 1.807) is 0 Å². The summed E-state index contributed by atoms with van der Waals surface area (Å²) >= 11 is 3.48. The Labute approximate surface area is 117 Å². The van der Waals surface area contributed by atoms with E-state index >= 15 is 0 Å². The summed E-state index contributed by atoms with van der Waals surface area (Å²) in [5, 5.41) is 0.913. The summed E-state index contributed by atoms with van der Waals surface area (Å²) in [7, 11) is 0. The molecule has 2 rings (SSSR count). The molecule has 1 fully saturated rings. The molecule has 2 nitrogen and oxygen atoms in total. The van der Waals surface area contributed by atoms with Crippen LogP contribution in [0, 0.1) is 5.92 Å². The zero-order chi connectivity index (χ0) is 13.1. The van der Waals surface area contributed by atoms with Crippen molar-refractivity contribution in [1.82, 2.24) is 4.90 Å². The Morgan fingerprint density at radius 2 is 2.06 bits per heavy atom. The number of likely N-dealkylation sites (tertiary alicyclic amines) is 1. The second-order valence-electron chi connectivity index (χ2n) is 5.04. The van der Waals surface area contributed by atoms with Crippen molar-refractivity contribution in [2.75, 3.05) is 11.9 Å². The fraction of sp³-hybridized carbons (Fsp3) is 0.533. The standard InChI is InChI=1S/C15H20BrNO/c1-3-12-4-6-14(7-5-12)11(2)17-10-13(9-16)8-15(17)18/h4-7,11,13H,3,8-10H2,1-2H3. The van der Waals surface area contributed by atoms with Gasteiger partial charge in [-0.15, -0.1) is 0 Å². The first-order valence-electron chi connectivity index (χ1n) is 6.60. The maximum Gasteiger partial charge on any atom is 0.223 e. The predicted molar refractivity (Wildman–Crippen MR) is 77.8 cm³/mol. The smallest absolute Gasteiger partial charge is 0.223 e. The van der Waals surface area contributed by atoms with Gasteiger partial charge in [-0.05, 0) is 30.4 Å². The highest BCUT2D eigenvalue weighted by atomic mass is 79.9. The van der Waals surface area contributed by atoms with Crippen LogP contribution < -0.4 is 0 Å². The normalized spacial score (nSPS) is 21.4. The van der Waals surface area contributed by atoms with E-state index in [0.717, 1.165) is 18.3 Å². The maximum absolute atomic E-state index is 12.0. The minimum Gasteiger partial charge on any atom is -0.336 e. The van der Waals surface area contributed by atoms with E-state index in [4.69, 9.17) is 0 Å². The van der Waals surface area contributed by atoms with Crippen LogP contribution in [-0.4, -0.2) is 22.7 Å². The Bertz CT molecular complexity index is 415. The first-order valence-corrected chi connectivity index (χ1v) is 7.72. The van der Waals surface area contributed by atoms with Crippen LogP contribution in [0.1, 0.15) is 37.4 Å². The molecule has 0 spiro atoms. The maximum atomic E-state index is 12.0. The third kappa shape index (κ3) is 2.77. The highest BCUT2D eigenvalue weighted by Crippen LogP contribution is 2.29. The number of nitrogens with zero attached hydrogens (tertiary/aromatic N) is 1. The SMILES string of the molecule is CCc1ccc(C(C)N2CC(CBr)CC2=O)cc1. The zero-order valence-electron chi connectivity index (χ0n) is 11.0. The van der Waals surface area contributed by atoms with E-state index in [2.05, 4.69) is 54.0 Å². The molecule has 0 aliphatic carbocycles. The zero-order valence-corrected chi connectivity index (χ0v) is 12.6. The number of halogens is 1. The molecule has 2 unspecified atom stereocenters. The fourth-order valence-electron chi connectivity index (χ4n) is 2.50. The number of hydrogen-bond donors (Lipinski definition) is 0. The summed E-state index contributed by atoms with van der Waals surface area (Å²) < 4.78 is 0. The van der Waals surface area contributed by atoms with Crippen LogP contribution in [-0.2, 0) is 11.2 Å². The van der Waals surface area contributed by atoms with E-state index < -0.39 is 0 Å². The molecule has 1 heterocycles. The van der Waals surface area contributed by atoms with E-state index in [1.165, 1.54) is 11.1 Å². The molecule has 3 heteroatoms. The number of carbonyl (C=O) groups is 1. The summed E-state index contributed by atoms with van der Waals surface area (Å²) in [4.78, 5) is 14.0. The molecule has 1 aliphatic heterocycles. The van der Waals surface area contributed by atoms with E-state index in [0.29, 0.717) is 12.3 Å². The summed E-state index contributed by atoms with van der Waals surface area (Å²) in [5.74, 6) is 0.751. The van der Waals surface area contributed by atoms with Gasteiger partial charge in [-0.1, -0.05) is 47.1 Å². The van der Waals surface area contributed by atoms with Crippen molar-refractivity contribution in [2.45, 2.75) is 32.7 Å². The number of rotatable bonds is 4. The van der Waals surface area contributed by atoms with Crippen molar-refractivity contribution >= 4 is 21.8 Å². The third-order valence-electron chi connectivity index (χ3n) is 3.79. The summed E-state index contributed by atoms with van der Waals surface area (Å²) in [5.41, 5.74) is 2.58. The molecular formula is C15H20BrNO. The minimum absolute atomic E-state index is 0.187. The third-order valence-corrected chi connectivity index (χ3v) is 4.71. The van der Waals surface area contributed by atoms with Crippen LogP contribution in [0.3, 0.4) is 0 Å². The van der Waals surface area contributed by atoms with Gasteiger partial charge in [0.1, 0.15) is 0 Å². The van der Waals surface area contributed by atoms with Gasteiger partial charge in [0.05, 0.1) is 6.04 Å². The van der Waals surface area contributed by atoms with Gasteiger partial charge >= 0.3 is 0 Å². The van der Waals surface area contributed by atoms with Gasteiger partial charge in [-0.3, -0.25) is 4.79 Å². The largest absolute Gasteiger partial charge is 0.336 e. The average molecular weight is 310 g/mol. The Hall–Kier alpha value is -0.830. The van der Waals surface area contributed by atoms with Crippen molar-refractivity contribution < 1.29 is 4.79 Å². The summed E-state index contributed by atoms with van der Waals surface area (Å²) in [6.45, 7) is 5.15. The van der Waals surface area contributed by atoms with E-state index in [-0.39, 0.29) is 11.9 Å². The van der Waals surface area contributed by atoms with Gasteiger partial charge in [0, 0.05) is 18.3 Å². The first kappa shape index (κ1) is 13.6. The second-order valence-corrected chi connectivity index (χ2v) is 5.69.